The highest BCUT2D eigenvalue weighted by Gasteiger charge is 2.39. The van der Waals surface area contributed by atoms with Crippen LogP contribution in [0.2, 0.25) is 0 Å². The number of guanidine groups is 1. The first-order valence-electron chi connectivity index (χ1n) is 13.2. The number of rotatable bonds is 10. The van der Waals surface area contributed by atoms with Crippen LogP contribution in [0.5, 0.6) is 11.5 Å². The van der Waals surface area contributed by atoms with Gasteiger partial charge in [0.05, 0.1) is 21.3 Å². The van der Waals surface area contributed by atoms with E-state index in [9.17, 15) is 18.0 Å². The molecule has 0 saturated carbocycles. The maximum atomic E-state index is 13.8. The number of aliphatic imine (C=N–C) groups is 1. The van der Waals surface area contributed by atoms with Gasteiger partial charge in [-0.3, -0.25) is 9.79 Å². The first kappa shape index (κ1) is 29.7. The minimum atomic E-state index is -4.13. The molecule has 13 heteroatoms. The number of likely N-dealkylation sites (tertiary alicyclic amines) is 1. The van der Waals surface area contributed by atoms with E-state index in [0.717, 1.165) is 4.90 Å². The molecule has 5 N–H and O–H groups in total. The summed E-state index contributed by atoms with van der Waals surface area (Å²) in [6.45, 7) is 4.45. The smallest absolute Gasteiger partial charge is 0.328 e. The van der Waals surface area contributed by atoms with E-state index in [4.69, 9.17) is 20.9 Å². The highest BCUT2D eigenvalue weighted by Crippen LogP contribution is 2.47. The standard InChI is InChI=1S/C27H35N5O6S2/c1-3-37-26(34)20-15-17(2)12-14-32(20)25(33)19(7-6-13-30-27(28)29)31-40(35,36)18-10-11-22-24(16-18)39-23-9-5-4-8-21(23)38-22/h4-5,8-11,16-17,19-20,31H,3,6-7,12-15H2,1-2H3,(H4,28,29,30)/t17?,19-,20?/m0/s1. The first-order chi connectivity index (χ1) is 19.1. The number of nitrogens with zero attached hydrogens (tertiary/aromatic N) is 2. The second-order valence-electron chi connectivity index (χ2n) is 9.81. The van der Waals surface area contributed by atoms with Crippen LogP contribution in [0.1, 0.15) is 39.5 Å². The fourth-order valence-corrected chi connectivity index (χ4v) is 7.05. The van der Waals surface area contributed by atoms with Crippen molar-refractivity contribution in [3.05, 3.63) is 42.5 Å². The van der Waals surface area contributed by atoms with E-state index in [1.165, 1.54) is 28.8 Å². The molecule has 2 aromatic rings. The van der Waals surface area contributed by atoms with E-state index in [1.54, 1.807) is 13.0 Å². The van der Waals surface area contributed by atoms with Crippen molar-refractivity contribution in [1.82, 2.24) is 9.62 Å². The lowest BCUT2D eigenvalue weighted by atomic mass is 9.91. The van der Waals surface area contributed by atoms with Gasteiger partial charge in [-0.1, -0.05) is 30.8 Å². The predicted molar refractivity (Wildman–Crippen MR) is 152 cm³/mol. The number of carbonyl (C=O) groups excluding carboxylic acids is 2. The summed E-state index contributed by atoms with van der Waals surface area (Å²) in [5.74, 6) is 0.403. The number of amides is 1. The highest BCUT2D eigenvalue weighted by molar-refractivity contribution is 7.99. The van der Waals surface area contributed by atoms with Gasteiger partial charge in [0.2, 0.25) is 15.9 Å². The molecule has 0 spiro atoms. The number of benzene rings is 2. The molecule has 0 bridgehead atoms. The zero-order valence-corrected chi connectivity index (χ0v) is 24.2. The van der Waals surface area contributed by atoms with E-state index >= 15 is 0 Å². The van der Waals surface area contributed by atoms with Crippen molar-refractivity contribution in [2.45, 2.75) is 66.3 Å². The van der Waals surface area contributed by atoms with Gasteiger partial charge in [-0.05, 0) is 68.9 Å². The summed E-state index contributed by atoms with van der Waals surface area (Å²) >= 11 is 1.41. The van der Waals surface area contributed by atoms with Gasteiger partial charge in [0.15, 0.2) is 5.96 Å². The lowest BCUT2D eigenvalue weighted by molar-refractivity contribution is -0.158. The van der Waals surface area contributed by atoms with Crippen LogP contribution >= 0.6 is 11.8 Å². The molecule has 2 aliphatic rings. The fraction of sp³-hybridized carbons (Fsp3) is 0.444. The van der Waals surface area contributed by atoms with Crippen molar-refractivity contribution >= 4 is 39.6 Å². The second-order valence-corrected chi connectivity index (χ2v) is 12.6. The Bertz CT molecular complexity index is 1380. The molecule has 216 valence electrons. The minimum Gasteiger partial charge on any atom is -0.464 e. The van der Waals surface area contributed by atoms with Gasteiger partial charge >= 0.3 is 5.97 Å². The van der Waals surface area contributed by atoms with Crippen molar-refractivity contribution < 1.29 is 27.5 Å². The SMILES string of the molecule is CCOC(=O)C1CC(C)CCN1C(=O)[C@H](CCCN=C(N)N)NS(=O)(=O)c1ccc2c(c1)Sc1ccccc1O2. The van der Waals surface area contributed by atoms with E-state index in [-0.39, 0.29) is 36.3 Å². The quantitative estimate of drug-likeness (QED) is 0.139. The van der Waals surface area contributed by atoms with Crippen LogP contribution in [0.3, 0.4) is 0 Å². The molecule has 4 rings (SSSR count). The van der Waals surface area contributed by atoms with Crippen LogP contribution < -0.4 is 20.9 Å². The number of esters is 1. The Kier molecular flexibility index (Phi) is 9.59. The normalized spacial score (nSPS) is 19.0. The van der Waals surface area contributed by atoms with Crippen molar-refractivity contribution in [3.8, 4) is 11.5 Å². The molecule has 0 radical (unpaired) electrons. The van der Waals surface area contributed by atoms with Crippen LogP contribution in [0.15, 0.2) is 62.1 Å². The predicted octanol–water partition coefficient (Wildman–Crippen LogP) is 2.83. The molecule has 1 fully saturated rings. The average Bonchev–Trinajstić information content (AvgIpc) is 2.92. The van der Waals surface area contributed by atoms with Gasteiger partial charge < -0.3 is 25.8 Å². The van der Waals surface area contributed by atoms with Crippen LogP contribution in [0.4, 0.5) is 0 Å². The number of fused-ring (bicyclic) bond motifs is 2. The van der Waals surface area contributed by atoms with Crippen molar-refractivity contribution in [2.24, 2.45) is 22.4 Å². The summed E-state index contributed by atoms with van der Waals surface area (Å²) in [7, 11) is -4.13. The molecule has 1 amide bonds. The number of hydrogen-bond acceptors (Lipinski definition) is 8. The number of sulfonamides is 1. The fourth-order valence-electron chi connectivity index (χ4n) is 4.73. The molecular formula is C27H35N5O6S2. The monoisotopic (exact) mass is 589 g/mol. The topological polar surface area (TPSA) is 166 Å². The molecule has 2 heterocycles. The van der Waals surface area contributed by atoms with Crippen molar-refractivity contribution in [2.75, 3.05) is 19.7 Å². The number of para-hydroxylation sites is 1. The maximum absolute atomic E-state index is 13.8. The highest BCUT2D eigenvalue weighted by atomic mass is 32.2. The summed E-state index contributed by atoms with van der Waals surface area (Å²) in [5, 5.41) is 0. The maximum Gasteiger partial charge on any atom is 0.328 e. The number of ether oxygens (including phenoxy) is 2. The Balaban J connectivity index is 1.58. The van der Waals surface area contributed by atoms with Gasteiger partial charge in [0.1, 0.15) is 23.6 Å². The Labute approximate surface area is 238 Å². The summed E-state index contributed by atoms with van der Waals surface area (Å²) in [4.78, 5) is 33.4. The third-order valence-electron chi connectivity index (χ3n) is 6.76. The zero-order chi connectivity index (χ0) is 28.9. The second kappa shape index (κ2) is 12.9. The Hall–Kier alpha value is -3.29. The number of hydrogen-bond donors (Lipinski definition) is 3. The molecule has 3 atom stereocenters. The van der Waals surface area contributed by atoms with Crippen molar-refractivity contribution in [1.29, 1.82) is 0 Å². The molecule has 2 unspecified atom stereocenters. The number of nitrogens with one attached hydrogen (secondary N) is 1. The van der Waals surface area contributed by atoms with Crippen LogP contribution in [-0.4, -0.2) is 62.9 Å². The van der Waals surface area contributed by atoms with Crippen LogP contribution in [0.25, 0.3) is 0 Å². The minimum absolute atomic E-state index is 0.00189. The Morgan fingerprint density at radius 1 is 1.20 bits per heavy atom. The van der Waals surface area contributed by atoms with Crippen molar-refractivity contribution in [3.63, 3.8) is 0 Å². The molecular weight excluding hydrogens is 554 g/mol. The summed E-state index contributed by atoms with van der Waals surface area (Å²) in [5.41, 5.74) is 10.8. The van der Waals surface area contributed by atoms with E-state index in [2.05, 4.69) is 9.71 Å². The number of nitrogens with two attached hydrogens (primary N) is 2. The summed E-state index contributed by atoms with van der Waals surface area (Å²) < 4.78 is 40.9. The molecule has 11 nitrogen and oxygen atoms in total. The molecule has 1 saturated heterocycles. The molecule has 40 heavy (non-hydrogen) atoms. The van der Waals surface area contributed by atoms with Gasteiger partial charge in [0, 0.05) is 13.1 Å². The summed E-state index contributed by atoms with van der Waals surface area (Å²) in [6.07, 6.45) is 1.61. The third kappa shape index (κ3) is 7.07. The van der Waals surface area contributed by atoms with Gasteiger partial charge in [-0.25, -0.2) is 13.2 Å². The molecule has 2 aliphatic heterocycles. The Morgan fingerprint density at radius 3 is 2.70 bits per heavy atom. The number of carbonyl (C=O) groups is 2. The molecule has 0 aromatic heterocycles. The van der Waals surface area contributed by atoms with Crippen LogP contribution in [0, 0.1) is 5.92 Å². The zero-order valence-electron chi connectivity index (χ0n) is 22.5. The van der Waals surface area contributed by atoms with Crippen LogP contribution in [-0.2, 0) is 24.3 Å². The lowest BCUT2D eigenvalue weighted by Crippen LogP contribution is -2.56. The first-order valence-corrected chi connectivity index (χ1v) is 15.5. The summed E-state index contributed by atoms with van der Waals surface area (Å²) in [6, 6.07) is 10.2. The lowest BCUT2D eigenvalue weighted by Gasteiger charge is -2.38. The van der Waals surface area contributed by atoms with Gasteiger partial charge in [0.25, 0.3) is 0 Å². The van der Waals surface area contributed by atoms with Gasteiger partial charge in [-0.15, -0.1) is 0 Å². The van der Waals surface area contributed by atoms with E-state index in [1.807, 2.05) is 31.2 Å². The van der Waals surface area contributed by atoms with Gasteiger partial charge in [-0.2, -0.15) is 4.72 Å². The Morgan fingerprint density at radius 2 is 1.95 bits per heavy atom. The van der Waals surface area contributed by atoms with E-state index in [0.29, 0.717) is 42.2 Å². The largest absolute Gasteiger partial charge is 0.464 e. The van der Waals surface area contributed by atoms with E-state index < -0.39 is 34.0 Å². The average molecular weight is 590 g/mol. The number of piperidine rings is 1. The molecule has 2 aromatic carbocycles. The third-order valence-corrected chi connectivity index (χ3v) is 9.33. The molecule has 0 aliphatic carbocycles.